The van der Waals surface area contributed by atoms with Gasteiger partial charge in [-0.3, -0.25) is 14.2 Å². The molecule has 0 radical (unpaired) electrons. The van der Waals surface area contributed by atoms with Crippen LogP contribution >= 0.6 is 34.3 Å². The normalized spacial score (nSPS) is 13.3. The molecular formula is C21H19ClFNO2S2. The lowest BCUT2D eigenvalue weighted by atomic mass is 9.91. The Balaban J connectivity index is 2.19. The van der Waals surface area contributed by atoms with Gasteiger partial charge in [0.05, 0.1) is 11.1 Å². The Morgan fingerprint density at radius 1 is 1.29 bits per heavy atom. The predicted octanol–water partition coefficient (Wildman–Crippen LogP) is 4.04. The summed E-state index contributed by atoms with van der Waals surface area (Å²) in [6.07, 6.45) is 3.32. The van der Waals surface area contributed by atoms with Gasteiger partial charge in [-0.25, -0.2) is 4.39 Å². The van der Waals surface area contributed by atoms with Crippen LogP contribution in [-0.4, -0.2) is 10.4 Å². The third-order valence-corrected chi connectivity index (χ3v) is 6.23. The number of Topliss-reactive ketones (excluding diaryl/α,β-unsaturated/α-hetero) is 1. The van der Waals surface area contributed by atoms with Gasteiger partial charge in [0.2, 0.25) is 0 Å². The Labute approximate surface area is 175 Å². The molecule has 0 aliphatic carbocycles. The summed E-state index contributed by atoms with van der Waals surface area (Å²) in [6.45, 7) is 5.65. The molecule has 1 aromatic carbocycles. The highest BCUT2D eigenvalue weighted by Gasteiger charge is 2.19. The second-order valence-electron chi connectivity index (χ2n) is 7.39. The summed E-state index contributed by atoms with van der Waals surface area (Å²) in [5.74, 6) is -0.512. The number of nitrogens with zero attached hydrogens (tertiary/aromatic N) is 1. The number of halogens is 2. The van der Waals surface area contributed by atoms with E-state index in [1.807, 2.05) is 43.7 Å². The summed E-state index contributed by atoms with van der Waals surface area (Å²) in [6, 6.07) is 6.01. The molecule has 2 aromatic heterocycles. The minimum absolute atomic E-state index is 0.0743. The van der Waals surface area contributed by atoms with Crippen molar-refractivity contribution in [1.29, 1.82) is 0 Å². The quantitative estimate of drug-likeness (QED) is 0.620. The van der Waals surface area contributed by atoms with E-state index in [1.165, 1.54) is 34.1 Å². The molecule has 3 rings (SSSR count). The van der Waals surface area contributed by atoms with Gasteiger partial charge < -0.3 is 0 Å². The molecular weight excluding hydrogens is 417 g/mol. The van der Waals surface area contributed by atoms with Crippen molar-refractivity contribution in [2.75, 3.05) is 0 Å². The lowest BCUT2D eigenvalue weighted by Crippen LogP contribution is -2.33. The van der Waals surface area contributed by atoms with Crippen molar-refractivity contribution in [2.45, 2.75) is 27.3 Å². The maximum absolute atomic E-state index is 13.4. The summed E-state index contributed by atoms with van der Waals surface area (Å²) < 4.78 is 16.0. The lowest BCUT2D eigenvalue weighted by molar-refractivity contribution is -0.120. The fourth-order valence-electron chi connectivity index (χ4n) is 2.45. The zero-order valence-corrected chi connectivity index (χ0v) is 18.1. The SMILES string of the molecule is CC(C)(C)C(=O)/C=c1/s/c(=C\c2ccsc2)c(=O)n1Cc1ccc(F)cc1Cl. The topological polar surface area (TPSA) is 39.1 Å². The molecule has 0 fully saturated rings. The number of thiazole rings is 1. The van der Waals surface area contributed by atoms with Crippen molar-refractivity contribution in [1.82, 2.24) is 4.57 Å². The van der Waals surface area contributed by atoms with Crippen molar-refractivity contribution < 1.29 is 9.18 Å². The maximum Gasteiger partial charge on any atom is 0.269 e. The molecule has 28 heavy (non-hydrogen) atoms. The van der Waals surface area contributed by atoms with Crippen molar-refractivity contribution in [3.8, 4) is 0 Å². The van der Waals surface area contributed by atoms with Crippen molar-refractivity contribution in [2.24, 2.45) is 5.41 Å². The smallest absolute Gasteiger partial charge is 0.269 e. The number of hydrogen-bond donors (Lipinski definition) is 0. The van der Waals surface area contributed by atoms with Gasteiger partial charge >= 0.3 is 0 Å². The highest BCUT2D eigenvalue weighted by atomic mass is 35.5. The average molecular weight is 436 g/mol. The minimum Gasteiger partial charge on any atom is -0.294 e. The van der Waals surface area contributed by atoms with Gasteiger partial charge in [0, 0.05) is 16.5 Å². The van der Waals surface area contributed by atoms with Gasteiger partial charge in [0.15, 0.2) is 5.78 Å². The van der Waals surface area contributed by atoms with E-state index in [0.29, 0.717) is 14.8 Å². The van der Waals surface area contributed by atoms with E-state index in [1.54, 1.807) is 17.4 Å². The van der Waals surface area contributed by atoms with Gasteiger partial charge in [0.1, 0.15) is 10.5 Å². The monoisotopic (exact) mass is 435 g/mol. The number of ketones is 1. The Bertz CT molecular complexity index is 1180. The average Bonchev–Trinajstić information content (AvgIpc) is 3.20. The molecule has 0 bridgehead atoms. The molecule has 3 nitrogen and oxygen atoms in total. The van der Waals surface area contributed by atoms with E-state index in [2.05, 4.69) is 0 Å². The Kier molecular flexibility index (Phi) is 6.03. The number of hydrogen-bond acceptors (Lipinski definition) is 4. The first-order valence-corrected chi connectivity index (χ1v) is 10.7. The third kappa shape index (κ3) is 4.69. The fourth-order valence-corrected chi connectivity index (χ4v) is 4.34. The highest BCUT2D eigenvalue weighted by molar-refractivity contribution is 7.08. The van der Waals surface area contributed by atoms with Crippen LogP contribution < -0.4 is 14.8 Å². The molecule has 0 aliphatic heterocycles. The molecule has 0 atom stereocenters. The number of aromatic nitrogens is 1. The summed E-state index contributed by atoms with van der Waals surface area (Å²) >= 11 is 8.96. The van der Waals surface area contributed by atoms with E-state index in [-0.39, 0.29) is 22.9 Å². The summed E-state index contributed by atoms with van der Waals surface area (Å²) in [5.41, 5.74) is 0.784. The first-order valence-electron chi connectivity index (χ1n) is 8.59. The summed E-state index contributed by atoms with van der Waals surface area (Å²) in [4.78, 5) is 25.6. The van der Waals surface area contributed by atoms with E-state index in [9.17, 15) is 14.0 Å². The van der Waals surface area contributed by atoms with Gasteiger partial charge in [0.25, 0.3) is 5.56 Å². The second-order valence-corrected chi connectivity index (χ2v) is 9.64. The summed E-state index contributed by atoms with van der Waals surface area (Å²) in [5, 5.41) is 4.13. The molecule has 146 valence electrons. The number of carbonyl (C=O) groups excluding carboxylic acids is 1. The van der Waals surface area contributed by atoms with Crippen molar-refractivity contribution >= 4 is 52.2 Å². The van der Waals surface area contributed by atoms with E-state index < -0.39 is 11.2 Å². The zero-order chi connectivity index (χ0) is 20.5. The van der Waals surface area contributed by atoms with Crippen molar-refractivity contribution in [3.05, 3.63) is 76.5 Å². The largest absolute Gasteiger partial charge is 0.294 e. The van der Waals surface area contributed by atoms with Crippen LogP contribution in [0.15, 0.2) is 39.8 Å². The van der Waals surface area contributed by atoms with Crippen LogP contribution in [0.4, 0.5) is 4.39 Å². The minimum atomic E-state index is -0.560. The van der Waals surface area contributed by atoms with Gasteiger partial charge in [-0.05, 0) is 46.2 Å². The maximum atomic E-state index is 13.4. The first-order chi connectivity index (χ1) is 13.1. The van der Waals surface area contributed by atoms with Crippen LogP contribution in [-0.2, 0) is 11.3 Å². The predicted molar refractivity (Wildman–Crippen MR) is 115 cm³/mol. The number of rotatable bonds is 4. The zero-order valence-electron chi connectivity index (χ0n) is 15.7. The van der Waals surface area contributed by atoms with E-state index in [0.717, 1.165) is 5.56 Å². The van der Waals surface area contributed by atoms with E-state index in [4.69, 9.17) is 11.6 Å². The molecule has 0 aliphatic rings. The molecule has 2 heterocycles. The number of carbonyl (C=O) groups is 1. The number of thiophene rings is 1. The Morgan fingerprint density at radius 3 is 2.64 bits per heavy atom. The van der Waals surface area contributed by atoms with Crippen LogP contribution in [0.25, 0.3) is 12.2 Å². The molecule has 0 saturated carbocycles. The highest BCUT2D eigenvalue weighted by Crippen LogP contribution is 2.18. The molecule has 0 saturated heterocycles. The van der Waals surface area contributed by atoms with Crippen LogP contribution in [0.5, 0.6) is 0 Å². The third-order valence-electron chi connectivity index (χ3n) is 4.11. The first kappa shape index (κ1) is 20.7. The standard InChI is InChI=1S/C21H19ClFNO2S2/c1-21(2,3)18(25)10-19-24(11-14-4-5-15(23)9-16(14)22)20(26)17(28-19)8-13-6-7-27-12-13/h4-10,12H,11H2,1-3H3/b17-8-,19-10+. The van der Waals surface area contributed by atoms with Gasteiger partial charge in [-0.1, -0.05) is 38.4 Å². The van der Waals surface area contributed by atoms with Crippen LogP contribution in [0.2, 0.25) is 5.02 Å². The van der Waals surface area contributed by atoms with Crippen LogP contribution in [0.1, 0.15) is 31.9 Å². The fraction of sp³-hybridized carbons (Fsp3) is 0.238. The van der Waals surface area contributed by atoms with Gasteiger partial charge in [-0.15, -0.1) is 11.3 Å². The van der Waals surface area contributed by atoms with E-state index >= 15 is 0 Å². The van der Waals surface area contributed by atoms with Gasteiger partial charge in [-0.2, -0.15) is 11.3 Å². The number of benzene rings is 1. The molecule has 0 unspecified atom stereocenters. The second kappa shape index (κ2) is 8.15. The molecule has 3 aromatic rings. The van der Waals surface area contributed by atoms with Crippen LogP contribution in [0.3, 0.4) is 0 Å². The lowest BCUT2D eigenvalue weighted by Gasteiger charge is -2.13. The molecule has 0 spiro atoms. The molecule has 0 N–H and O–H groups in total. The molecule has 7 heteroatoms. The van der Waals surface area contributed by atoms with Crippen molar-refractivity contribution in [3.63, 3.8) is 0 Å². The Morgan fingerprint density at radius 2 is 2.04 bits per heavy atom. The Hall–Kier alpha value is -2.02. The van der Waals surface area contributed by atoms with Crippen LogP contribution in [0, 0.1) is 11.2 Å². The molecule has 0 amide bonds. The summed E-state index contributed by atoms with van der Waals surface area (Å²) in [7, 11) is 0.